The van der Waals surface area contributed by atoms with Gasteiger partial charge in [-0.05, 0) is 30.3 Å². The molecular weight excluding hydrogens is 286 g/mol. The van der Waals surface area contributed by atoms with Crippen LogP contribution in [0.2, 0.25) is 0 Å². The highest BCUT2D eigenvalue weighted by Crippen LogP contribution is 2.24. The number of amides is 1. The Bertz CT molecular complexity index is 748. The number of pyridine rings is 1. The third-order valence-electron chi connectivity index (χ3n) is 2.65. The molecular formula is C15H11N3O2S. The molecule has 1 N–H and O–H groups in total. The second kappa shape index (κ2) is 6.15. The van der Waals surface area contributed by atoms with Crippen molar-refractivity contribution in [1.82, 2.24) is 9.97 Å². The number of carbonyl (C=O) groups excluding carboxylic acids is 1. The van der Waals surface area contributed by atoms with Crippen molar-refractivity contribution in [1.29, 1.82) is 0 Å². The molecule has 0 aromatic carbocycles. The fourth-order valence-corrected chi connectivity index (χ4v) is 2.40. The van der Waals surface area contributed by atoms with Gasteiger partial charge in [0.2, 0.25) is 5.91 Å². The van der Waals surface area contributed by atoms with Crippen LogP contribution < -0.4 is 5.32 Å². The molecule has 0 atom stereocenters. The van der Waals surface area contributed by atoms with Crippen LogP contribution in [0.15, 0.2) is 58.8 Å². The summed E-state index contributed by atoms with van der Waals surface area (Å²) in [4.78, 5) is 20.1. The maximum absolute atomic E-state index is 11.8. The van der Waals surface area contributed by atoms with Gasteiger partial charge in [-0.1, -0.05) is 0 Å². The van der Waals surface area contributed by atoms with Gasteiger partial charge in [0.25, 0.3) is 0 Å². The molecule has 104 valence electrons. The maximum Gasteiger partial charge on any atom is 0.250 e. The summed E-state index contributed by atoms with van der Waals surface area (Å²) in [5.41, 5.74) is 1.78. The SMILES string of the molecule is O=C(C=Cc1ccco1)Nc1nc(-c2ccncc2)cs1. The molecule has 5 nitrogen and oxygen atoms in total. The molecule has 0 aliphatic carbocycles. The van der Waals surface area contributed by atoms with Gasteiger partial charge in [-0.3, -0.25) is 15.1 Å². The first kappa shape index (κ1) is 13.3. The smallest absolute Gasteiger partial charge is 0.250 e. The van der Waals surface area contributed by atoms with Gasteiger partial charge in [-0.25, -0.2) is 4.98 Å². The lowest BCUT2D eigenvalue weighted by Crippen LogP contribution is -2.07. The van der Waals surface area contributed by atoms with Crippen LogP contribution in [0.5, 0.6) is 0 Å². The number of nitrogens with one attached hydrogen (secondary N) is 1. The van der Waals surface area contributed by atoms with Gasteiger partial charge in [-0.15, -0.1) is 11.3 Å². The first-order chi connectivity index (χ1) is 10.3. The molecule has 0 unspecified atom stereocenters. The Morgan fingerprint density at radius 3 is 2.90 bits per heavy atom. The minimum absolute atomic E-state index is 0.248. The van der Waals surface area contributed by atoms with Crippen molar-refractivity contribution >= 4 is 28.5 Å². The number of hydrogen-bond acceptors (Lipinski definition) is 5. The lowest BCUT2D eigenvalue weighted by Gasteiger charge is -1.96. The molecule has 3 heterocycles. The Kier molecular flexibility index (Phi) is 3.88. The highest BCUT2D eigenvalue weighted by molar-refractivity contribution is 7.14. The lowest BCUT2D eigenvalue weighted by atomic mass is 10.2. The molecule has 0 aliphatic heterocycles. The number of aromatic nitrogens is 2. The van der Waals surface area contributed by atoms with E-state index in [0.29, 0.717) is 10.9 Å². The van der Waals surface area contributed by atoms with Crippen molar-refractivity contribution in [3.8, 4) is 11.3 Å². The molecule has 0 saturated heterocycles. The van der Waals surface area contributed by atoms with Crippen molar-refractivity contribution in [3.63, 3.8) is 0 Å². The quantitative estimate of drug-likeness (QED) is 0.749. The van der Waals surface area contributed by atoms with Gasteiger partial charge >= 0.3 is 0 Å². The summed E-state index contributed by atoms with van der Waals surface area (Å²) in [7, 11) is 0. The highest BCUT2D eigenvalue weighted by Gasteiger charge is 2.06. The monoisotopic (exact) mass is 297 g/mol. The third-order valence-corrected chi connectivity index (χ3v) is 3.41. The van der Waals surface area contributed by atoms with Crippen molar-refractivity contribution in [2.45, 2.75) is 0 Å². The van der Waals surface area contributed by atoms with Gasteiger partial charge in [0.15, 0.2) is 5.13 Å². The molecule has 0 saturated carbocycles. The number of anilines is 1. The molecule has 0 spiro atoms. The van der Waals surface area contributed by atoms with Gasteiger partial charge in [0.05, 0.1) is 12.0 Å². The van der Waals surface area contributed by atoms with Crippen molar-refractivity contribution in [2.75, 3.05) is 5.32 Å². The van der Waals surface area contributed by atoms with E-state index < -0.39 is 0 Å². The first-order valence-electron chi connectivity index (χ1n) is 6.20. The molecule has 21 heavy (non-hydrogen) atoms. The summed E-state index contributed by atoms with van der Waals surface area (Å²) >= 11 is 1.38. The number of furan rings is 1. The standard InChI is InChI=1S/C15H11N3O2S/c19-14(4-3-12-2-1-9-20-12)18-15-17-13(10-21-15)11-5-7-16-8-6-11/h1-10H,(H,17,18,19). The number of rotatable bonds is 4. The maximum atomic E-state index is 11.8. The van der Waals surface area contributed by atoms with Crippen LogP contribution in [-0.4, -0.2) is 15.9 Å². The molecule has 3 rings (SSSR count). The molecule has 3 aromatic heterocycles. The Morgan fingerprint density at radius 2 is 2.14 bits per heavy atom. The zero-order valence-corrected chi connectivity index (χ0v) is 11.7. The van der Waals surface area contributed by atoms with E-state index in [2.05, 4.69) is 15.3 Å². The van der Waals surface area contributed by atoms with E-state index in [9.17, 15) is 4.79 Å². The molecule has 0 radical (unpaired) electrons. The molecule has 3 aromatic rings. The fourth-order valence-electron chi connectivity index (χ4n) is 1.68. The van der Waals surface area contributed by atoms with Crippen molar-refractivity contribution in [3.05, 3.63) is 60.1 Å². The highest BCUT2D eigenvalue weighted by atomic mass is 32.1. The summed E-state index contributed by atoms with van der Waals surface area (Å²) in [5.74, 6) is 0.379. The van der Waals surface area contributed by atoms with E-state index in [1.165, 1.54) is 17.4 Å². The van der Waals surface area contributed by atoms with E-state index in [4.69, 9.17) is 4.42 Å². The zero-order chi connectivity index (χ0) is 14.5. The topological polar surface area (TPSA) is 68.0 Å². The Labute approximate surface area is 125 Å². The molecule has 1 amide bonds. The average Bonchev–Trinajstić information content (AvgIpc) is 3.17. The summed E-state index contributed by atoms with van der Waals surface area (Å²) in [6.07, 6.45) is 7.98. The van der Waals surface area contributed by atoms with Crippen LogP contribution in [-0.2, 0) is 4.79 Å². The second-order valence-electron chi connectivity index (χ2n) is 4.11. The average molecular weight is 297 g/mol. The summed E-state index contributed by atoms with van der Waals surface area (Å²) in [6, 6.07) is 7.28. The predicted molar refractivity (Wildman–Crippen MR) is 81.7 cm³/mol. The van der Waals surface area contributed by atoms with Crippen LogP contribution in [0, 0.1) is 0 Å². The second-order valence-corrected chi connectivity index (χ2v) is 4.97. The normalized spacial score (nSPS) is 10.9. The molecule has 0 bridgehead atoms. The number of thiazole rings is 1. The first-order valence-corrected chi connectivity index (χ1v) is 7.08. The van der Waals surface area contributed by atoms with E-state index in [1.807, 2.05) is 17.5 Å². The Balaban J connectivity index is 1.66. The summed E-state index contributed by atoms with van der Waals surface area (Å²) in [5, 5.41) is 5.16. The summed E-state index contributed by atoms with van der Waals surface area (Å²) < 4.78 is 5.11. The molecule has 6 heteroatoms. The minimum atomic E-state index is -0.248. The van der Waals surface area contributed by atoms with E-state index >= 15 is 0 Å². The summed E-state index contributed by atoms with van der Waals surface area (Å²) in [6.45, 7) is 0. The molecule has 0 fully saturated rings. The van der Waals surface area contributed by atoms with E-state index in [0.717, 1.165) is 11.3 Å². The van der Waals surface area contributed by atoms with Crippen molar-refractivity contribution < 1.29 is 9.21 Å². The third kappa shape index (κ3) is 3.43. The Morgan fingerprint density at radius 1 is 1.29 bits per heavy atom. The Hall–Kier alpha value is -2.73. The number of hydrogen-bond donors (Lipinski definition) is 1. The van der Waals surface area contributed by atoms with Crippen LogP contribution in [0.25, 0.3) is 17.3 Å². The number of carbonyl (C=O) groups is 1. The van der Waals surface area contributed by atoms with Gasteiger partial charge in [-0.2, -0.15) is 0 Å². The number of nitrogens with zero attached hydrogens (tertiary/aromatic N) is 2. The zero-order valence-electron chi connectivity index (χ0n) is 10.9. The van der Waals surface area contributed by atoms with Crippen LogP contribution in [0.3, 0.4) is 0 Å². The van der Waals surface area contributed by atoms with Crippen LogP contribution in [0.4, 0.5) is 5.13 Å². The van der Waals surface area contributed by atoms with Gasteiger partial charge in [0, 0.05) is 29.4 Å². The predicted octanol–water partition coefficient (Wildman–Crippen LogP) is 3.45. The minimum Gasteiger partial charge on any atom is -0.465 e. The van der Waals surface area contributed by atoms with Crippen LogP contribution >= 0.6 is 11.3 Å². The van der Waals surface area contributed by atoms with E-state index in [-0.39, 0.29) is 5.91 Å². The largest absolute Gasteiger partial charge is 0.465 e. The van der Waals surface area contributed by atoms with Crippen LogP contribution in [0.1, 0.15) is 5.76 Å². The van der Waals surface area contributed by atoms with Crippen molar-refractivity contribution in [2.24, 2.45) is 0 Å². The molecule has 0 aliphatic rings. The lowest BCUT2D eigenvalue weighted by molar-refractivity contribution is -0.111. The fraction of sp³-hybridized carbons (Fsp3) is 0. The van der Waals surface area contributed by atoms with Gasteiger partial charge < -0.3 is 4.42 Å². The van der Waals surface area contributed by atoms with E-state index in [1.54, 1.807) is 36.9 Å². The van der Waals surface area contributed by atoms with Gasteiger partial charge in [0.1, 0.15) is 5.76 Å².